The molecule has 0 unspecified atom stereocenters. The van der Waals surface area contributed by atoms with Gasteiger partial charge in [0.1, 0.15) is 0 Å². The Kier molecular flexibility index (Phi) is 4.01. The van der Waals surface area contributed by atoms with E-state index in [9.17, 15) is 4.79 Å². The van der Waals surface area contributed by atoms with Gasteiger partial charge in [0.2, 0.25) is 5.95 Å². The van der Waals surface area contributed by atoms with Gasteiger partial charge in [0.25, 0.3) is 0 Å². The van der Waals surface area contributed by atoms with E-state index in [0.29, 0.717) is 13.1 Å². The molecule has 0 radical (unpaired) electrons. The van der Waals surface area contributed by atoms with Gasteiger partial charge in [-0.2, -0.15) is 0 Å². The molecule has 7 heteroatoms. The van der Waals surface area contributed by atoms with Gasteiger partial charge in [0.15, 0.2) is 0 Å². The molecule has 1 fully saturated rings. The highest BCUT2D eigenvalue weighted by Gasteiger charge is 2.22. The van der Waals surface area contributed by atoms with E-state index in [-0.39, 0.29) is 6.03 Å². The van der Waals surface area contributed by atoms with Crippen molar-refractivity contribution in [2.75, 3.05) is 36.4 Å². The van der Waals surface area contributed by atoms with Crippen molar-refractivity contribution in [1.29, 1.82) is 0 Å². The number of aromatic nitrogens is 2. The number of piperazine rings is 1. The molecule has 1 N–H and O–H groups in total. The van der Waals surface area contributed by atoms with E-state index in [0.717, 1.165) is 30.3 Å². The number of urea groups is 1. The highest BCUT2D eigenvalue weighted by Crippen LogP contribution is 2.20. The van der Waals surface area contributed by atoms with Gasteiger partial charge in [-0.3, -0.25) is 0 Å². The molecule has 0 spiro atoms. The van der Waals surface area contributed by atoms with Crippen LogP contribution in [0.1, 0.15) is 5.56 Å². The second kappa shape index (κ2) is 6.09. The van der Waals surface area contributed by atoms with Crippen molar-refractivity contribution in [1.82, 2.24) is 14.9 Å². The lowest BCUT2D eigenvalue weighted by Gasteiger charge is -2.34. The van der Waals surface area contributed by atoms with Crippen LogP contribution in [0.3, 0.4) is 0 Å². The zero-order chi connectivity index (χ0) is 14.7. The smallest absolute Gasteiger partial charge is 0.321 e. The maximum Gasteiger partial charge on any atom is 0.321 e. The fourth-order valence-electron chi connectivity index (χ4n) is 2.25. The normalized spacial score (nSPS) is 15.1. The first-order valence-corrected chi connectivity index (χ1v) is 7.79. The van der Waals surface area contributed by atoms with Crippen LogP contribution in [0.15, 0.2) is 29.2 Å². The fraction of sp³-hybridized carbons (Fsp3) is 0.357. The van der Waals surface area contributed by atoms with Crippen molar-refractivity contribution in [3.8, 4) is 0 Å². The number of hydrogen-bond donors (Lipinski definition) is 1. The van der Waals surface area contributed by atoms with E-state index in [2.05, 4.69) is 20.2 Å². The summed E-state index contributed by atoms with van der Waals surface area (Å²) in [6.45, 7) is 4.84. The number of nitrogens with one attached hydrogen (secondary N) is 1. The molecule has 0 atom stereocenters. The molecule has 3 heterocycles. The van der Waals surface area contributed by atoms with Gasteiger partial charge in [0.05, 0.1) is 5.69 Å². The Bertz CT molecular complexity index is 607. The van der Waals surface area contributed by atoms with Crippen LogP contribution in [-0.2, 0) is 0 Å². The zero-order valence-corrected chi connectivity index (χ0v) is 12.6. The van der Waals surface area contributed by atoms with Gasteiger partial charge in [-0.1, -0.05) is 0 Å². The Morgan fingerprint density at radius 2 is 1.90 bits per heavy atom. The molecule has 1 aliphatic heterocycles. The summed E-state index contributed by atoms with van der Waals surface area (Å²) in [5, 5.41) is 6.95. The molecule has 2 amide bonds. The minimum Gasteiger partial charge on any atom is -0.337 e. The number of amides is 2. The summed E-state index contributed by atoms with van der Waals surface area (Å²) in [7, 11) is 0. The summed E-state index contributed by atoms with van der Waals surface area (Å²) in [6, 6.07) is 1.77. The number of thiophene rings is 1. The van der Waals surface area contributed by atoms with Gasteiger partial charge in [-0.15, -0.1) is 11.3 Å². The third-order valence-electron chi connectivity index (χ3n) is 3.50. The zero-order valence-electron chi connectivity index (χ0n) is 11.8. The lowest BCUT2D eigenvalue weighted by atomic mass is 10.3. The van der Waals surface area contributed by atoms with Gasteiger partial charge in [-0.25, -0.2) is 14.8 Å². The molecule has 0 aliphatic carbocycles. The van der Waals surface area contributed by atoms with E-state index < -0.39 is 0 Å². The minimum atomic E-state index is -0.0369. The number of hydrogen-bond acceptors (Lipinski definition) is 5. The van der Waals surface area contributed by atoms with Gasteiger partial charge in [-0.05, 0) is 23.9 Å². The molecule has 21 heavy (non-hydrogen) atoms. The Morgan fingerprint density at radius 1 is 1.19 bits per heavy atom. The van der Waals surface area contributed by atoms with Crippen LogP contribution < -0.4 is 10.2 Å². The molecule has 1 saturated heterocycles. The van der Waals surface area contributed by atoms with E-state index in [1.54, 1.807) is 29.8 Å². The first-order chi connectivity index (χ1) is 10.2. The third kappa shape index (κ3) is 3.13. The largest absolute Gasteiger partial charge is 0.337 e. The molecule has 2 aromatic heterocycles. The van der Waals surface area contributed by atoms with Crippen LogP contribution in [0.2, 0.25) is 0 Å². The van der Waals surface area contributed by atoms with Crippen molar-refractivity contribution in [2.24, 2.45) is 0 Å². The number of rotatable bonds is 2. The van der Waals surface area contributed by atoms with Gasteiger partial charge >= 0.3 is 6.03 Å². The third-order valence-corrected chi connectivity index (χ3v) is 4.36. The quantitative estimate of drug-likeness (QED) is 0.924. The second-order valence-corrected chi connectivity index (χ2v) is 5.67. The summed E-state index contributed by atoms with van der Waals surface area (Å²) in [5.41, 5.74) is 2.00. The van der Waals surface area contributed by atoms with Crippen molar-refractivity contribution in [3.63, 3.8) is 0 Å². The summed E-state index contributed by atoms with van der Waals surface area (Å²) in [5.74, 6) is 0.728. The highest BCUT2D eigenvalue weighted by molar-refractivity contribution is 7.08. The standard InChI is InChI=1S/C14H17N5OS/c1-11-9-21-10-12(11)17-14(20)19-7-5-18(6-8-19)13-15-3-2-4-16-13/h2-4,9-10H,5-8H2,1H3,(H,17,20). The second-order valence-electron chi connectivity index (χ2n) is 4.92. The first kappa shape index (κ1) is 13.8. The molecule has 0 saturated carbocycles. The van der Waals surface area contributed by atoms with Crippen molar-refractivity contribution >= 4 is 29.0 Å². The molecule has 3 rings (SSSR count). The van der Waals surface area contributed by atoms with E-state index in [1.165, 1.54) is 0 Å². The first-order valence-electron chi connectivity index (χ1n) is 6.85. The predicted molar refractivity (Wildman–Crippen MR) is 83.9 cm³/mol. The lowest BCUT2D eigenvalue weighted by Crippen LogP contribution is -2.50. The summed E-state index contributed by atoms with van der Waals surface area (Å²) >= 11 is 1.59. The topological polar surface area (TPSA) is 61.4 Å². The van der Waals surface area contributed by atoms with E-state index >= 15 is 0 Å². The van der Waals surface area contributed by atoms with Gasteiger partial charge < -0.3 is 15.1 Å². The van der Waals surface area contributed by atoms with Crippen LogP contribution in [0.25, 0.3) is 0 Å². The van der Waals surface area contributed by atoms with Crippen LogP contribution in [0.4, 0.5) is 16.4 Å². The summed E-state index contributed by atoms with van der Waals surface area (Å²) in [4.78, 5) is 24.6. The Morgan fingerprint density at radius 3 is 2.52 bits per heavy atom. The average Bonchev–Trinajstić information content (AvgIpc) is 2.93. The average molecular weight is 303 g/mol. The molecule has 2 aromatic rings. The number of carbonyl (C=O) groups excluding carboxylic acids is 1. The molecule has 110 valence electrons. The monoisotopic (exact) mass is 303 g/mol. The molecular formula is C14H17N5OS. The Labute approximate surface area is 127 Å². The number of anilines is 2. The molecule has 0 aromatic carbocycles. The highest BCUT2D eigenvalue weighted by atomic mass is 32.1. The summed E-state index contributed by atoms with van der Waals surface area (Å²) in [6.07, 6.45) is 3.47. The Hall–Kier alpha value is -2.15. The van der Waals surface area contributed by atoms with Crippen LogP contribution in [0, 0.1) is 6.92 Å². The van der Waals surface area contributed by atoms with Crippen LogP contribution in [-0.4, -0.2) is 47.1 Å². The van der Waals surface area contributed by atoms with Gasteiger partial charge in [0, 0.05) is 44.0 Å². The fourth-order valence-corrected chi connectivity index (χ4v) is 3.03. The molecular weight excluding hydrogens is 286 g/mol. The Balaban J connectivity index is 1.56. The van der Waals surface area contributed by atoms with Crippen LogP contribution in [0.5, 0.6) is 0 Å². The van der Waals surface area contributed by atoms with Crippen molar-refractivity contribution in [2.45, 2.75) is 6.92 Å². The van der Waals surface area contributed by atoms with Crippen LogP contribution >= 0.6 is 11.3 Å². The van der Waals surface area contributed by atoms with Crippen molar-refractivity contribution in [3.05, 3.63) is 34.8 Å². The molecule has 0 bridgehead atoms. The maximum atomic E-state index is 12.2. The molecule has 6 nitrogen and oxygen atoms in total. The SMILES string of the molecule is Cc1cscc1NC(=O)N1CCN(c2ncccn2)CC1. The van der Waals surface area contributed by atoms with E-state index in [1.807, 2.05) is 22.6 Å². The van der Waals surface area contributed by atoms with Crippen molar-refractivity contribution < 1.29 is 4.79 Å². The number of aryl methyl sites for hydroxylation is 1. The molecule has 1 aliphatic rings. The predicted octanol–water partition coefficient (Wildman–Crippen LogP) is 2.20. The summed E-state index contributed by atoms with van der Waals surface area (Å²) < 4.78 is 0. The number of carbonyl (C=O) groups is 1. The minimum absolute atomic E-state index is 0.0369. The van der Waals surface area contributed by atoms with E-state index in [4.69, 9.17) is 0 Å². The lowest BCUT2D eigenvalue weighted by molar-refractivity contribution is 0.208. The maximum absolute atomic E-state index is 12.2. The number of nitrogens with zero attached hydrogens (tertiary/aromatic N) is 4.